The van der Waals surface area contributed by atoms with E-state index in [1.165, 1.54) is 6.92 Å². The largest absolute Gasteiger partial charge is 0.507 e. The molecule has 1 aromatic heterocycles. The number of tetrazole rings is 1. The number of rotatable bonds is 8. The number of phenols is 1. The number of ether oxygens (including phenoxy) is 1. The third-order valence-electron chi connectivity index (χ3n) is 4.44. The fraction of sp³-hybridized carbons (Fsp3) is 0.333. The van der Waals surface area contributed by atoms with E-state index in [9.17, 15) is 9.90 Å². The Bertz CT molecular complexity index is 935. The average molecular weight is 380 g/mol. The van der Waals surface area contributed by atoms with Crippen LogP contribution in [0.25, 0.3) is 0 Å². The first-order valence-electron chi connectivity index (χ1n) is 9.22. The van der Waals surface area contributed by atoms with Gasteiger partial charge in [-0.05, 0) is 48.6 Å². The summed E-state index contributed by atoms with van der Waals surface area (Å²) in [5, 5.41) is 24.4. The van der Waals surface area contributed by atoms with E-state index < -0.39 is 0 Å². The highest BCUT2D eigenvalue weighted by Crippen LogP contribution is 2.30. The minimum absolute atomic E-state index is 0.0674. The molecule has 0 fully saturated rings. The fourth-order valence-corrected chi connectivity index (χ4v) is 3.04. The Kier molecular flexibility index (Phi) is 6.03. The second-order valence-corrected chi connectivity index (χ2v) is 7.19. The number of benzene rings is 2. The number of ketones is 1. The summed E-state index contributed by atoms with van der Waals surface area (Å²) in [5.41, 5.74) is 3.06. The lowest BCUT2D eigenvalue weighted by molar-refractivity contribution is 0.101. The number of carbonyl (C=O) groups is 1. The van der Waals surface area contributed by atoms with E-state index in [4.69, 9.17) is 4.74 Å². The number of aromatic hydroxyl groups is 1. The summed E-state index contributed by atoms with van der Waals surface area (Å²) < 4.78 is 5.91. The number of hydrogen-bond acceptors (Lipinski definition) is 6. The van der Waals surface area contributed by atoms with Crippen molar-refractivity contribution in [1.29, 1.82) is 0 Å². The van der Waals surface area contributed by atoms with Crippen LogP contribution in [-0.2, 0) is 19.4 Å². The van der Waals surface area contributed by atoms with Crippen molar-refractivity contribution in [2.45, 2.75) is 40.2 Å². The molecule has 0 saturated carbocycles. The van der Waals surface area contributed by atoms with Gasteiger partial charge in [-0.2, -0.15) is 5.21 Å². The second kappa shape index (κ2) is 8.65. The molecule has 0 atom stereocenters. The van der Waals surface area contributed by atoms with Crippen molar-refractivity contribution < 1.29 is 14.6 Å². The van der Waals surface area contributed by atoms with Crippen molar-refractivity contribution in [2.24, 2.45) is 5.92 Å². The number of aromatic nitrogens is 4. The van der Waals surface area contributed by atoms with Crippen LogP contribution >= 0.6 is 0 Å². The van der Waals surface area contributed by atoms with Crippen molar-refractivity contribution in [2.75, 3.05) is 0 Å². The van der Waals surface area contributed by atoms with Crippen molar-refractivity contribution in [3.63, 3.8) is 0 Å². The molecule has 3 aromatic rings. The molecule has 2 aromatic carbocycles. The minimum Gasteiger partial charge on any atom is -0.507 e. The van der Waals surface area contributed by atoms with Gasteiger partial charge in [0, 0.05) is 12.0 Å². The Hall–Kier alpha value is -3.22. The zero-order chi connectivity index (χ0) is 20.1. The molecule has 146 valence electrons. The number of carbonyl (C=O) groups excluding carboxylic acids is 1. The van der Waals surface area contributed by atoms with Crippen molar-refractivity contribution in [3.8, 4) is 11.5 Å². The smallest absolute Gasteiger partial charge is 0.178 e. The summed E-state index contributed by atoms with van der Waals surface area (Å²) in [5.74, 6) is 1.62. The summed E-state index contributed by atoms with van der Waals surface area (Å²) in [4.78, 5) is 11.7. The molecule has 2 N–H and O–H groups in total. The Morgan fingerprint density at radius 3 is 2.54 bits per heavy atom. The summed E-state index contributed by atoms with van der Waals surface area (Å²) in [6.45, 7) is 5.93. The van der Waals surface area contributed by atoms with Crippen LogP contribution in [0.15, 0.2) is 36.4 Å². The molecule has 7 heteroatoms. The number of phenolic OH excluding ortho intramolecular Hbond substituents is 1. The molecule has 0 aliphatic rings. The number of Topliss-reactive ketones (excluding diaryl/α,β-unsaturated/α-hetero) is 1. The van der Waals surface area contributed by atoms with Gasteiger partial charge in [0.25, 0.3) is 0 Å². The fourth-order valence-electron chi connectivity index (χ4n) is 3.04. The number of H-pyrrole nitrogens is 1. The van der Waals surface area contributed by atoms with E-state index >= 15 is 0 Å². The van der Waals surface area contributed by atoms with Gasteiger partial charge in [0.1, 0.15) is 18.1 Å². The van der Waals surface area contributed by atoms with Gasteiger partial charge in [0.15, 0.2) is 11.6 Å². The van der Waals surface area contributed by atoms with Gasteiger partial charge in [0.05, 0.1) is 5.56 Å². The Balaban J connectivity index is 1.72. The lowest BCUT2D eigenvalue weighted by Crippen LogP contribution is -2.07. The van der Waals surface area contributed by atoms with Crippen LogP contribution < -0.4 is 4.74 Å². The van der Waals surface area contributed by atoms with Gasteiger partial charge in [-0.25, -0.2) is 0 Å². The van der Waals surface area contributed by atoms with Crippen LogP contribution in [0, 0.1) is 5.92 Å². The predicted molar refractivity (Wildman–Crippen MR) is 104 cm³/mol. The highest BCUT2D eigenvalue weighted by Gasteiger charge is 2.16. The van der Waals surface area contributed by atoms with Crippen LogP contribution in [0.2, 0.25) is 0 Å². The van der Waals surface area contributed by atoms with E-state index in [2.05, 4.69) is 34.5 Å². The number of nitrogens with zero attached hydrogens (tertiary/aromatic N) is 3. The van der Waals surface area contributed by atoms with Crippen molar-refractivity contribution in [3.05, 3.63) is 64.5 Å². The molecule has 0 aliphatic carbocycles. The van der Waals surface area contributed by atoms with E-state index in [1.54, 1.807) is 6.07 Å². The Morgan fingerprint density at radius 2 is 1.93 bits per heavy atom. The maximum absolute atomic E-state index is 11.7. The van der Waals surface area contributed by atoms with Crippen LogP contribution in [0.5, 0.6) is 11.5 Å². The number of hydrogen-bond donors (Lipinski definition) is 2. The van der Waals surface area contributed by atoms with Gasteiger partial charge in [-0.15, -0.1) is 10.2 Å². The zero-order valence-corrected chi connectivity index (χ0v) is 16.3. The van der Waals surface area contributed by atoms with Crippen molar-refractivity contribution in [1.82, 2.24) is 20.6 Å². The van der Waals surface area contributed by atoms with Gasteiger partial charge in [-0.3, -0.25) is 4.79 Å². The normalized spacial score (nSPS) is 11.0. The lowest BCUT2D eigenvalue weighted by atomic mass is 9.94. The molecule has 0 spiro atoms. The molecule has 0 radical (unpaired) electrons. The Labute approximate surface area is 163 Å². The quantitative estimate of drug-likeness (QED) is 0.580. The monoisotopic (exact) mass is 380 g/mol. The third-order valence-corrected chi connectivity index (χ3v) is 4.44. The van der Waals surface area contributed by atoms with Gasteiger partial charge in [0.2, 0.25) is 0 Å². The third kappa shape index (κ3) is 4.73. The average Bonchev–Trinajstić information content (AvgIpc) is 3.16. The standard InChI is InChI=1S/C21H24N4O3/c1-13(2)10-19-16(6-9-18(14(3)26)21(19)27)12-28-17-7-4-15(5-8-17)11-20-22-24-25-23-20/h4-9,13,27H,10-12H2,1-3H3,(H,22,23,24,25). The maximum atomic E-state index is 11.7. The molecular formula is C21H24N4O3. The highest BCUT2D eigenvalue weighted by atomic mass is 16.5. The van der Waals surface area contributed by atoms with E-state index in [1.807, 2.05) is 30.3 Å². The number of nitrogens with one attached hydrogen (secondary N) is 1. The first-order chi connectivity index (χ1) is 13.4. The van der Waals surface area contributed by atoms with Crippen LogP contribution in [0.1, 0.15) is 53.6 Å². The highest BCUT2D eigenvalue weighted by molar-refractivity contribution is 5.97. The zero-order valence-electron chi connectivity index (χ0n) is 16.3. The molecule has 0 saturated heterocycles. The van der Waals surface area contributed by atoms with Crippen molar-refractivity contribution >= 4 is 5.78 Å². The van der Waals surface area contributed by atoms with E-state index in [0.717, 1.165) is 22.4 Å². The molecule has 0 unspecified atom stereocenters. The SMILES string of the molecule is CC(=O)c1ccc(COc2ccc(Cc3nn[nH]n3)cc2)c(CC(C)C)c1O. The molecule has 0 aliphatic heterocycles. The summed E-state index contributed by atoms with van der Waals surface area (Å²) in [7, 11) is 0. The van der Waals surface area contributed by atoms with Crippen LogP contribution in [0.3, 0.4) is 0 Å². The number of aromatic amines is 1. The second-order valence-electron chi connectivity index (χ2n) is 7.19. The van der Waals surface area contributed by atoms with E-state index in [0.29, 0.717) is 36.8 Å². The maximum Gasteiger partial charge on any atom is 0.178 e. The Morgan fingerprint density at radius 1 is 1.18 bits per heavy atom. The first kappa shape index (κ1) is 19.5. The van der Waals surface area contributed by atoms with E-state index in [-0.39, 0.29) is 11.5 Å². The molecule has 28 heavy (non-hydrogen) atoms. The molecule has 7 nitrogen and oxygen atoms in total. The van der Waals surface area contributed by atoms with Crippen LogP contribution in [-0.4, -0.2) is 31.5 Å². The summed E-state index contributed by atoms with van der Waals surface area (Å²) >= 11 is 0. The first-order valence-corrected chi connectivity index (χ1v) is 9.22. The lowest BCUT2D eigenvalue weighted by Gasteiger charge is -2.16. The van der Waals surface area contributed by atoms with Gasteiger partial charge < -0.3 is 9.84 Å². The predicted octanol–water partition coefficient (Wildman–Crippen LogP) is 3.48. The summed E-state index contributed by atoms with van der Waals surface area (Å²) in [6.07, 6.45) is 1.27. The molecular weight excluding hydrogens is 356 g/mol. The van der Waals surface area contributed by atoms with Gasteiger partial charge >= 0.3 is 0 Å². The molecule has 0 bridgehead atoms. The van der Waals surface area contributed by atoms with Gasteiger partial charge in [-0.1, -0.05) is 37.3 Å². The minimum atomic E-state index is -0.146. The summed E-state index contributed by atoms with van der Waals surface area (Å²) in [6, 6.07) is 11.2. The molecule has 0 amide bonds. The van der Waals surface area contributed by atoms with Crippen LogP contribution in [0.4, 0.5) is 0 Å². The topological polar surface area (TPSA) is 101 Å². The molecule has 3 rings (SSSR count). The molecule has 1 heterocycles.